The maximum Gasteiger partial charge on any atom is 0.0656 e. The molecule has 0 amide bonds. The largest absolute Gasteiger partial charge is 0.0843 e. The molecule has 0 aliphatic carbocycles. The van der Waals surface area contributed by atoms with Gasteiger partial charge in [0.2, 0.25) is 0 Å². The SMILES string of the molecule is Clc1ccc(C(Br)c2ccc(Cl)c(Cl)c2)c(Br)c1. The molecule has 0 saturated heterocycles. The lowest BCUT2D eigenvalue weighted by Crippen LogP contribution is -1.94. The van der Waals surface area contributed by atoms with Crippen molar-refractivity contribution in [1.82, 2.24) is 0 Å². The monoisotopic (exact) mass is 426 g/mol. The Morgan fingerprint density at radius 2 is 1.61 bits per heavy atom. The van der Waals surface area contributed by atoms with Gasteiger partial charge in [-0.1, -0.05) is 78.8 Å². The van der Waals surface area contributed by atoms with Crippen LogP contribution in [0.4, 0.5) is 0 Å². The molecule has 2 aromatic rings. The zero-order chi connectivity index (χ0) is 13.3. The fraction of sp³-hybridized carbons (Fsp3) is 0.0769. The number of rotatable bonds is 2. The Labute approximate surface area is 137 Å². The van der Waals surface area contributed by atoms with Gasteiger partial charge in [0.25, 0.3) is 0 Å². The Morgan fingerprint density at radius 3 is 2.22 bits per heavy atom. The van der Waals surface area contributed by atoms with Gasteiger partial charge < -0.3 is 0 Å². The minimum absolute atomic E-state index is 0.0268. The Morgan fingerprint density at radius 1 is 0.889 bits per heavy atom. The normalized spacial score (nSPS) is 12.5. The van der Waals surface area contributed by atoms with Gasteiger partial charge >= 0.3 is 0 Å². The Balaban J connectivity index is 2.41. The van der Waals surface area contributed by atoms with Gasteiger partial charge in [-0.05, 0) is 35.4 Å². The van der Waals surface area contributed by atoms with E-state index < -0.39 is 0 Å². The second-order valence-corrected chi connectivity index (χ2v) is 6.72. The molecule has 0 N–H and O–H groups in total. The van der Waals surface area contributed by atoms with Crippen molar-refractivity contribution in [3.63, 3.8) is 0 Å². The summed E-state index contributed by atoms with van der Waals surface area (Å²) in [6, 6.07) is 11.3. The summed E-state index contributed by atoms with van der Waals surface area (Å²) in [5, 5.41) is 1.79. The third-order valence-electron chi connectivity index (χ3n) is 2.47. The van der Waals surface area contributed by atoms with Crippen molar-refractivity contribution in [1.29, 1.82) is 0 Å². The van der Waals surface area contributed by atoms with Gasteiger partial charge in [0.15, 0.2) is 0 Å². The molecule has 18 heavy (non-hydrogen) atoms. The van der Waals surface area contributed by atoms with Crippen LogP contribution in [0.25, 0.3) is 0 Å². The second kappa shape index (κ2) is 6.15. The van der Waals surface area contributed by atoms with Gasteiger partial charge in [-0.15, -0.1) is 0 Å². The van der Waals surface area contributed by atoms with E-state index in [2.05, 4.69) is 31.9 Å². The predicted octanol–water partition coefficient (Wildman–Crippen LogP) is 6.89. The number of alkyl halides is 1. The maximum absolute atomic E-state index is 6.02. The van der Waals surface area contributed by atoms with Gasteiger partial charge in [-0.25, -0.2) is 0 Å². The molecule has 0 aromatic heterocycles. The maximum atomic E-state index is 6.02. The first-order chi connectivity index (χ1) is 8.49. The molecule has 0 spiro atoms. The van der Waals surface area contributed by atoms with Crippen LogP contribution >= 0.6 is 66.7 Å². The van der Waals surface area contributed by atoms with Crippen molar-refractivity contribution in [2.45, 2.75) is 4.83 Å². The summed E-state index contributed by atoms with van der Waals surface area (Å²) in [5.74, 6) is 0. The van der Waals surface area contributed by atoms with Crippen LogP contribution in [-0.4, -0.2) is 0 Å². The summed E-state index contributed by atoms with van der Waals surface area (Å²) in [6.07, 6.45) is 0. The number of hydrogen-bond donors (Lipinski definition) is 0. The van der Waals surface area contributed by atoms with E-state index in [4.69, 9.17) is 34.8 Å². The Bertz CT molecular complexity index is 584. The third kappa shape index (κ3) is 3.23. The van der Waals surface area contributed by atoms with E-state index in [1.165, 1.54) is 0 Å². The molecule has 0 aliphatic heterocycles. The Kier molecular flexibility index (Phi) is 5.01. The van der Waals surface area contributed by atoms with E-state index in [0.29, 0.717) is 15.1 Å². The molecule has 2 rings (SSSR count). The lowest BCUT2D eigenvalue weighted by atomic mass is 10.1. The fourth-order valence-electron chi connectivity index (χ4n) is 1.56. The van der Waals surface area contributed by atoms with Crippen LogP contribution in [0.5, 0.6) is 0 Å². The van der Waals surface area contributed by atoms with Crippen molar-refractivity contribution in [2.24, 2.45) is 0 Å². The first-order valence-electron chi connectivity index (χ1n) is 5.03. The van der Waals surface area contributed by atoms with Gasteiger partial charge in [-0.3, -0.25) is 0 Å². The zero-order valence-corrected chi connectivity index (χ0v) is 14.4. The van der Waals surface area contributed by atoms with Crippen LogP contribution in [0.3, 0.4) is 0 Å². The summed E-state index contributed by atoms with van der Waals surface area (Å²) in [5.41, 5.74) is 2.12. The van der Waals surface area contributed by atoms with Crippen LogP contribution in [0, 0.1) is 0 Å². The highest BCUT2D eigenvalue weighted by atomic mass is 79.9. The summed E-state index contributed by atoms with van der Waals surface area (Å²) in [6.45, 7) is 0. The Hall–Kier alpha value is 0.270. The summed E-state index contributed by atoms with van der Waals surface area (Å²) in [7, 11) is 0. The summed E-state index contributed by atoms with van der Waals surface area (Å²) < 4.78 is 0.947. The smallest absolute Gasteiger partial charge is 0.0656 e. The topological polar surface area (TPSA) is 0 Å². The lowest BCUT2D eigenvalue weighted by Gasteiger charge is -2.13. The molecule has 94 valence electrons. The van der Waals surface area contributed by atoms with Crippen LogP contribution in [0.2, 0.25) is 15.1 Å². The minimum atomic E-state index is 0.0268. The van der Waals surface area contributed by atoms with E-state index >= 15 is 0 Å². The highest BCUT2D eigenvalue weighted by Gasteiger charge is 2.14. The molecule has 1 atom stereocenters. The third-order valence-corrected chi connectivity index (χ3v) is 5.15. The lowest BCUT2D eigenvalue weighted by molar-refractivity contribution is 1.16. The number of hydrogen-bond acceptors (Lipinski definition) is 0. The molecule has 2 aromatic carbocycles. The molecule has 0 aliphatic rings. The van der Waals surface area contributed by atoms with Crippen LogP contribution in [0.15, 0.2) is 40.9 Å². The average molecular weight is 429 g/mol. The standard InChI is InChI=1S/C13H7Br2Cl3/c14-10-6-8(16)2-3-9(10)13(15)7-1-4-11(17)12(18)5-7/h1-6,13H. The van der Waals surface area contributed by atoms with Crippen LogP contribution < -0.4 is 0 Å². The molecule has 0 fully saturated rings. The van der Waals surface area contributed by atoms with E-state index in [1.54, 1.807) is 6.07 Å². The number of halogens is 5. The molecule has 0 bridgehead atoms. The zero-order valence-electron chi connectivity index (χ0n) is 8.93. The predicted molar refractivity (Wildman–Crippen MR) is 86.4 cm³/mol. The molecule has 0 heterocycles. The molecule has 1 unspecified atom stereocenters. The van der Waals surface area contributed by atoms with Crippen LogP contribution in [0.1, 0.15) is 16.0 Å². The average Bonchev–Trinajstić information content (AvgIpc) is 2.32. The van der Waals surface area contributed by atoms with Crippen molar-refractivity contribution in [3.05, 3.63) is 67.1 Å². The van der Waals surface area contributed by atoms with Crippen molar-refractivity contribution in [2.75, 3.05) is 0 Å². The molecule has 0 saturated carbocycles. The highest BCUT2D eigenvalue weighted by molar-refractivity contribution is 9.11. The van der Waals surface area contributed by atoms with Gasteiger partial charge in [0.05, 0.1) is 14.9 Å². The number of benzene rings is 2. The second-order valence-electron chi connectivity index (χ2n) is 3.70. The molecule has 0 radical (unpaired) electrons. The highest BCUT2D eigenvalue weighted by Crippen LogP contribution is 2.38. The van der Waals surface area contributed by atoms with E-state index in [9.17, 15) is 0 Å². The van der Waals surface area contributed by atoms with Gasteiger partial charge in [0.1, 0.15) is 0 Å². The van der Waals surface area contributed by atoms with Gasteiger partial charge in [-0.2, -0.15) is 0 Å². The first-order valence-corrected chi connectivity index (χ1v) is 7.87. The van der Waals surface area contributed by atoms with E-state index in [-0.39, 0.29) is 4.83 Å². The van der Waals surface area contributed by atoms with Crippen molar-refractivity contribution in [3.8, 4) is 0 Å². The summed E-state index contributed by atoms with van der Waals surface area (Å²) >= 11 is 25.0. The molecule has 0 nitrogen and oxygen atoms in total. The quantitative estimate of drug-likeness (QED) is 0.456. The van der Waals surface area contributed by atoms with E-state index in [1.807, 2.05) is 30.3 Å². The molecular formula is C13H7Br2Cl3. The van der Waals surface area contributed by atoms with Crippen molar-refractivity contribution >= 4 is 66.7 Å². The fourth-order valence-corrected chi connectivity index (χ4v) is 3.77. The molecular weight excluding hydrogens is 422 g/mol. The molecule has 5 heteroatoms. The van der Waals surface area contributed by atoms with Crippen LogP contribution in [-0.2, 0) is 0 Å². The summed E-state index contributed by atoms with van der Waals surface area (Å²) in [4.78, 5) is 0.0268. The van der Waals surface area contributed by atoms with Gasteiger partial charge in [0, 0.05) is 9.50 Å². The minimum Gasteiger partial charge on any atom is -0.0843 e. The van der Waals surface area contributed by atoms with Crippen molar-refractivity contribution < 1.29 is 0 Å². The first kappa shape index (κ1) is 14.7. The van der Waals surface area contributed by atoms with E-state index in [0.717, 1.165) is 15.6 Å².